The molecule has 1 aliphatic rings. The van der Waals surface area contributed by atoms with Gasteiger partial charge >= 0.3 is 0 Å². The summed E-state index contributed by atoms with van der Waals surface area (Å²) in [6.07, 6.45) is -0.423. The Bertz CT molecular complexity index is 144. The molecular formula is C9H18O3. The molecule has 3 nitrogen and oxygen atoms in total. The molecule has 0 saturated carbocycles. The van der Waals surface area contributed by atoms with Gasteiger partial charge in [-0.1, -0.05) is 20.8 Å². The molecule has 1 rings (SSSR count). The first-order valence-corrected chi connectivity index (χ1v) is 4.59. The third kappa shape index (κ3) is 1.63. The molecule has 0 aliphatic carbocycles. The molecule has 2 N–H and O–H groups in total. The maximum Gasteiger partial charge on any atom is 0.159 e. The van der Waals surface area contributed by atoms with Crippen LogP contribution in [0.2, 0.25) is 0 Å². The van der Waals surface area contributed by atoms with Crippen molar-refractivity contribution in [2.45, 2.75) is 45.7 Å². The number of ether oxygens (including phenoxy) is 1. The van der Waals surface area contributed by atoms with E-state index >= 15 is 0 Å². The van der Waals surface area contributed by atoms with Crippen molar-refractivity contribution in [1.29, 1.82) is 0 Å². The first kappa shape index (κ1) is 9.96. The number of rotatable bonds is 1. The van der Waals surface area contributed by atoms with Gasteiger partial charge in [-0.15, -0.1) is 0 Å². The molecule has 0 bridgehead atoms. The lowest BCUT2D eigenvalue weighted by atomic mass is 9.85. The van der Waals surface area contributed by atoms with Crippen molar-refractivity contribution in [2.75, 3.05) is 0 Å². The van der Waals surface area contributed by atoms with Crippen LogP contribution >= 0.6 is 0 Å². The third-order valence-corrected chi connectivity index (χ3v) is 2.83. The van der Waals surface area contributed by atoms with Gasteiger partial charge in [0.05, 0.1) is 12.2 Å². The topological polar surface area (TPSA) is 49.7 Å². The second-order valence-corrected chi connectivity index (χ2v) is 3.68. The molecule has 1 saturated heterocycles. The van der Waals surface area contributed by atoms with Crippen LogP contribution in [0.3, 0.4) is 0 Å². The molecule has 72 valence electrons. The van der Waals surface area contributed by atoms with Gasteiger partial charge in [0.2, 0.25) is 0 Å². The van der Waals surface area contributed by atoms with E-state index in [0.717, 1.165) is 6.42 Å². The molecular weight excluding hydrogens is 156 g/mol. The van der Waals surface area contributed by atoms with Crippen LogP contribution in [0.1, 0.15) is 27.2 Å². The maximum atomic E-state index is 9.68. The average Bonchev–Trinajstić information content (AvgIpc) is 2.08. The fourth-order valence-corrected chi connectivity index (χ4v) is 1.76. The summed E-state index contributed by atoms with van der Waals surface area (Å²) in [4.78, 5) is 0. The monoisotopic (exact) mass is 174 g/mol. The van der Waals surface area contributed by atoms with Crippen LogP contribution in [0.4, 0.5) is 0 Å². The summed E-state index contributed by atoms with van der Waals surface area (Å²) >= 11 is 0. The van der Waals surface area contributed by atoms with E-state index in [1.807, 2.05) is 13.8 Å². The highest BCUT2D eigenvalue weighted by Crippen LogP contribution is 2.30. The molecule has 0 aromatic carbocycles. The Kier molecular flexibility index (Phi) is 3.09. The van der Waals surface area contributed by atoms with Crippen molar-refractivity contribution >= 4 is 0 Å². The third-order valence-electron chi connectivity index (χ3n) is 2.83. The van der Waals surface area contributed by atoms with Crippen LogP contribution in [0.25, 0.3) is 0 Å². The van der Waals surface area contributed by atoms with Crippen molar-refractivity contribution in [3.05, 3.63) is 0 Å². The van der Waals surface area contributed by atoms with Gasteiger partial charge in [0.15, 0.2) is 6.29 Å². The van der Waals surface area contributed by atoms with E-state index in [1.54, 1.807) is 6.92 Å². The van der Waals surface area contributed by atoms with E-state index in [0.29, 0.717) is 0 Å². The predicted molar refractivity (Wildman–Crippen MR) is 45.5 cm³/mol. The van der Waals surface area contributed by atoms with Crippen molar-refractivity contribution in [1.82, 2.24) is 0 Å². The Morgan fingerprint density at radius 1 is 1.17 bits per heavy atom. The first-order valence-electron chi connectivity index (χ1n) is 4.59. The predicted octanol–water partition coefficient (Wildman–Crippen LogP) is 0.747. The van der Waals surface area contributed by atoms with E-state index < -0.39 is 12.4 Å². The molecule has 0 unspecified atom stereocenters. The largest absolute Gasteiger partial charge is 0.392 e. The lowest BCUT2D eigenvalue weighted by Gasteiger charge is -2.40. The average molecular weight is 174 g/mol. The highest BCUT2D eigenvalue weighted by molar-refractivity contribution is 4.83. The summed E-state index contributed by atoms with van der Waals surface area (Å²) < 4.78 is 5.33. The quantitative estimate of drug-likeness (QED) is 0.616. The van der Waals surface area contributed by atoms with Crippen molar-refractivity contribution in [2.24, 2.45) is 11.8 Å². The molecule has 3 heteroatoms. The van der Waals surface area contributed by atoms with E-state index in [-0.39, 0.29) is 17.9 Å². The first-order chi connectivity index (χ1) is 5.57. The van der Waals surface area contributed by atoms with E-state index in [1.165, 1.54) is 0 Å². The smallest absolute Gasteiger partial charge is 0.159 e. The van der Waals surface area contributed by atoms with E-state index in [2.05, 4.69) is 0 Å². The Morgan fingerprint density at radius 2 is 1.75 bits per heavy atom. The van der Waals surface area contributed by atoms with Crippen LogP contribution in [0.15, 0.2) is 0 Å². The van der Waals surface area contributed by atoms with Gasteiger partial charge in [-0.2, -0.15) is 0 Å². The summed E-state index contributed by atoms with van der Waals surface area (Å²) in [6, 6.07) is 0. The Balaban J connectivity index is 2.63. The summed E-state index contributed by atoms with van der Waals surface area (Å²) in [7, 11) is 0. The molecule has 0 spiro atoms. The zero-order valence-corrected chi connectivity index (χ0v) is 7.90. The molecule has 1 aliphatic heterocycles. The lowest BCUT2D eigenvalue weighted by Crippen LogP contribution is -2.48. The number of aliphatic hydroxyl groups excluding tert-OH is 2. The molecule has 0 aromatic heterocycles. The molecule has 12 heavy (non-hydrogen) atoms. The highest BCUT2D eigenvalue weighted by Gasteiger charge is 2.38. The minimum Gasteiger partial charge on any atom is -0.392 e. The number of hydrogen-bond donors (Lipinski definition) is 2. The Morgan fingerprint density at radius 3 is 2.25 bits per heavy atom. The standard InChI is InChI=1S/C9H18O3/c1-4-7-5(2)8(10)6(3)9(11)12-7/h5-11H,4H2,1-3H3/t5-,6+,7+,8+,9-/m0/s1. The molecule has 5 atom stereocenters. The second-order valence-electron chi connectivity index (χ2n) is 3.68. The van der Waals surface area contributed by atoms with Crippen molar-refractivity contribution < 1.29 is 14.9 Å². The molecule has 1 heterocycles. The van der Waals surface area contributed by atoms with Crippen LogP contribution in [-0.2, 0) is 4.74 Å². The molecule has 1 fully saturated rings. The zero-order valence-electron chi connectivity index (χ0n) is 7.90. The molecule has 0 aromatic rings. The zero-order chi connectivity index (χ0) is 9.30. The normalized spacial score (nSPS) is 49.2. The van der Waals surface area contributed by atoms with Gasteiger partial charge in [-0.05, 0) is 6.42 Å². The van der Waals surface area contributed by atoms with Gasteiger partial charge in [0.1, 0.15) is 0 Å². The highest BCUT2D eigenvalue weighted by atomic mass is 16.6. The van der Waals surface area contributed by atoms with Crippen LogP contribution in [0, 0.1) is 11.8 Å². The van der Waals surface area contributed by atoms with Crippen molar-refractivity contribution in [3.8, 4) is 0 Å². The summed E-state index contributed by atoms with van der Waals surface area (Å²) in [5.41, 5.74) is 0. The van der Waals surface area contributed by atoms with Crippen molar-refractivity contribution in [3.63, 3.8) is 0 Å². The number of aliphatic hydroxyl groups is 2. The Labute approximate surface area is 73.4 Å². The van der Waals surface area contributed by atoms with E-state index in [9.17, 15) is 10.2 Å². The summed E-state index contributed by atoms with van der Waals surface area (Å²) in [5.74, 6) is -0.0591. The summed E-state index contributed by atoms with van der Waals surface area (Å²) in [6.45, 7) is 5.76. The maximum absolute atomic E-state index is 9.68. The minimum absolute atomic E-state index is 0.00815. The van der Waals surface area contributed by atoms with Crippen LogP contribution in [0.5, 0.6) is 0 Å². The second kappa shape index (κ2) is 3.73. The van der Waals surface area contributed by atoms with Gasteiger partial charge < -0.3 is 14.9 Å². The van der Waals surface area contributed by atoms with Gasteiger partial charge in [0, 0.05) is 11.8 Å². The molecule has 0 amide bonds. The SMILES string of the molecule is CC[C@H]1O[C@H](O)[C@H](C)[C@H](O)[C@H]1C. The van der Waals surface area contributed by atoms with Crippen LogP contribution < -0.4 is 0 Å². The van der Waals surface area contributed by atoms with Crippen LogP contribution in [-0.4, -0.2) is 28.7 Å². The van der Waals surface area contributed by atoms with Gasteiger partial charge in [-0.3, -0.25) is 0 Å². The van der Waals surface area contributed by atoms with Gasteiger partial charge in [0.25, 0.3) is 0 Å². The fraction of sp³-hybridized carbons (Fsp3) is 1.00. The summed E-state index contributed by atoms with van der Waals surface area (Å²) in [5, 5.41) is 19.1. The minimum atomic E-state index is -0.804. The number of hydrogen-bond acceptors (Lipinski definition) is 3. The lowest BCUT2D eigenvalue weighted by molar-refractivity contribution is -0.241. The van der Waals surface area contributed by atoms with Gasteiger partial charge in [-0.25, -0.2) is 0 Å². The van der Waals surface area contributed by atoms with E-state index in [4.69, 9.17) is 4.74 Å². The Hall–Kier alpha value is -0.120. The fourth-order valence-electron chi connectivity index (χ4n) is 1.76. The molecule has 0 radical (unpaired) electrons.